The topological polar surface area (TPSA) is 86.8 Å². The second kappa shape index (κ2) is 8.80. The number of aryl methyl sites for hydroxylation is 1. The van der Waals surface area contributed by atoms with Gasteiger partial charge in [-0.25, -0.2) is 8.42 Å². The molecule has 0 saturated carbocycles. The van der Waals surface area contributed by atoms with Crippen LogP contribution in [0.25, 0.3) is 0 Å². The van der Waals surface area contributed by atoms with E-state index in [0.29, 0.717) is 57.7 Å². The highest BCUT2D eigenvalue weighted by Gasteiger charge is 2.50. The molecule has 2 amide bonds. The summed E-state index contributed by atoms with van der Waals surface area (Å²) in [6.07, 6.45) is 1.76. The fourth-order valence-corrected chi connectivity index (χ4v) is 5.25. The predicted octanol–water partition coefficient (Wildman–Crippen LogP) is 0.868. The van der Waals surface area contributed by atoms with Gasteiger partial charge >= 0.3 is 0 Å². The van der Waals surface area contributed by atoms with Crippen LogP contribution in [0.3, 0.4) is 0 Å². The smallest absolute Gasteiger partial charge is 0.253 e. The number of rotatable bonds is 3. The van der Waals surface area contributed by atoms with Gasteiger partial charge in [0.25, 0.3) is 5.91 Å². The zero-order chi connectivity index (χ0) is 19.7. The van der Waals surface area contributed by atoms with Crippen molar-refractivity contribution in [3.8, 4) is 0 Å². The van der Waals surface area contributed by atoms with Crippen LogP contribution in [0.4, 0.5) is 0 Å². The van der Waals surface area contributed by atoms with E-state index in [9.17, 15) is 18.0 Å². The molecule has 156 valence electrons. The van der Waals surface area contributed by atoms with Gasteiger partial charge in [-0.15, -0.1) is 12.4 Å². The minimum absolute atomic E-state index is 0. The van der Waals surface area contributed by atoms with Gasteiger partial charge in [0.1, 0.15) is 0 Å². The monoisotopic (exact) mass is 429 g/mol. The Hall–Kier alpha value is -1.64. The van der Waals surface area contributed by atoms with Crippen LogP contribution in [-0.4, -0.2) is 80.3 Å². The third kappa shape index (κ3) is 4.34. The Morgan fingerprint density at radius 1 is 0.964 bits per heavy atom. The van der Waals surface area contributed by atoms with E-state index in [-0.39, 0.29) is 24.2 Å². The van der Waals surface area contributed by atoms with E-state index in [0.717, 1.165) is 11.8 Å². The second-order valence-electron chi connectivity index (χ2n) is 7.47. The molecule has 2 aliphatic rings. The average molecular weight is 430 g/mol. The van der Waals surface area contributed by atoms with Crippen molar-refractivity contribution in [3.05, 3.63) is 35.4 Å². The number of nitrogens with one attached hydrogen (secondary N) is 1. The Bertz CT molecular complexity index is 812. The summed E-state index contributed by atoms with van der Waals surface area (Å²) in [5.74, 6) is -0.365. The molecule has 0 bridgehead atoms. The number of amides is 2. The van der Waals surface area contributed by atoms with E-state index in [2.05, 4.69) is 5.32 Å². The maximum absolute atomic E-state index is 13.1. The molecule has 0 aromatic heterocycles. The minimum atomic E-state index is -3.52. The lowest BCUT2D eigenvalue weighted by Gasteiger charge is -2.42. The quantitative estimate of drug-likeness (QED) is 0.770. The van der Waals surface area contributed by atoms with Crippen molar-refractivity contribution in [1.82, 2.24) is 15.1 Å². The number of piperidine rings is 1. The fraction of sp³-hybridized carbons (Fsp3) is 0.579. The normalized spacial score (nSPS) is 19.6. The van der Waals surface area contributed by atoms with Crippen molar-refractivity contribution < 1.29 is 18.0 Å². The standard InChI is InChI=1S/C19H27N3O4S.ClH/c1-15-3-5-16(6-4-15)17(23)21-11-13-22(14-12-21)18(24)19(27(2,25)26)7-9-20-10-8-19;/h3-6,20H,7-14H2,1-2H3;1H. The molecule has 1 N–H and O–H groups in total. The molecule has 3 rings (SSSR count). The molecule has 1 aromatic rings. The molecule has 28 heavy (non-hydrogen) atoms. The first-order chi connectivity index (χ1) is 12.7. The third-order valence-corrected chi connectivity index (χ3v) is 7.67. The van der Waals surface area contributed by atoms with Gasteiger partial charge < -0.3 is 15.1 Å². The summed E-state index contributed by atoms with van der Waals surface area (Å²) in [5, 5.41) is 3.13. The lowest BCUT2D eigenvalue weighted by atomic mass is 9.94. The molecule has 1 aromatic carbocycles. The van der Waals surface area contributed by atoms with E-state index in [1.807, 2.05) is 31.2 Å². The maximum atomic E-state index is 13.1. The number of hydrogen-bond donors (Lipinski definition) is 1. The number of sulfone groups is 1. The van der Waals surface area contributed by atoms with Crippen molar-refractivity contribution in [2.45, 2.75) is 24.5 Å². The maximum Gasteiger partial charge on any atom is 0.253 e. The van der Waals surface area contributed by atoms with Crippen LogP contribution in [0.1, 0.15) is 28.8 Å². The van der Waals surface area contributed by atoms with Gasteiger partial charge in [0.15, 0.2) is 14.6 Å². The van der Waals surface area contributed by atoms with E-state index in [1.165, 1.54) is 0 Å². The summed E-state index contributed by atoms with van der Waals surface area (Å²) in [5.41, 5.74) is 1.72. The lowest BCUT2D eigenvalue weighted by molar-refractivity contribution is -0.136. The zero-order valence-corrected chi connectivity index (χ0v) is 17.9. The van der Waals surface area contributed by atoms with Crippen molar-refractivity contribution >= 4 is 34.1 Å². The van der Waals surface area contributed by atoms with Crippen LogP contribution >= 0.6 is 12.4 Å². The van der Waals surface area contributed by atoms with Gasteiger partial charge in [-0.3, -0.25) is 9.59 Å². The van der Waals surface area contributed by atoms with Crippen molar-refractivity contribution in [2.24, 2.45) is 0 Å². The van der Waals surface area contributed by atoms with Crippen molar-refractivity contribution in [2.75, 3.05) is 45.5 Å². The zero-order valence-electron chi connectivity index (χ0n) is 16.3. The summed E-state index contributed by atoms with van der Waals surface area (Å²) >= 11 is 0. The first-order valence-electron chi connectivity index (χ1n) is 9.30. The van der Waals surface area contributed by atoms with Crippen LogP contribution in [0.5, 0.6) is 0 Å². The SMILES string of the molecule is Cc1ccc(C(=O)N2CCN(C(=O)C3(S(C)(=O)=O)CCNCC3)CC2)cc1.Cl. The van der Waals surface area contributed by atoms with Crippen LogP contribution < -0.4 is 5.32 Å². The molecule has 2 heterocycles. The molecular weight excluding hydrogens is 402 g/mol. The second-order valence-corrected chi connectivity index (χ2v) is 9.79. The van der Waals surface area contributed by atoms with Crippen LogP contribution in [0, 0.1) is 6.92 Å². The van der Waals surface area contributed by atoms with Crippen LogP contribution in [0.2, 0.25) is 0 Å². The number of halogens is 1. The Balaban J connectivity index is 0.00000280. The Morgan fingerprint density at radius 2 is 1.46 bits per heavy atom. The molecule has 2 fully saturated rings. The summed E-state index contributed by atoms with van der Waals surface area (Å²) in [7, 11) is -3.52. The van der Waals surface area contributed by atoms with Gasteiger partial charge in [-0.05, 0) is 45.0 Å². The summed E-state index contributed by atoms with van der Waals surface area (Å²) in [6, 6.07) is 7.42. The predicted molar refractivity (Wildman–Crippen MR) is 111 cm³/mol. The van der Waals surface area contributed by atoms with Gasteiger partial charge in [0.2, 0.25) is 5.91 Å². The Kier molecular flexibility index (Phi) is 7.12. The molecule has 7 nitrogen and oxygen atoms in total. The molecular formula is C19H28ClN3O4S. The van der Waals surface area contributed by atoms with Gasteiger partial charge in [0.05, 0.1) is 0 Å². The first kappa shape index (κ1) is 22.6. The van der Waals surface area contributed by atoms with Crippen molar-refractivity contribution in [1.29, 1.82) is 0 Å². The molecule has 0 radical (unpaired) electrons. The molecule has 0 spiro atoms. The summed E-state index contributed by atoms with van der Waals surface area (Å²) in [4.78, 5) is 29.1. The van der Waals surface area contributed by atoms with Gasteiger partial charge in [0, 0.05) is 38.0 Å². The molecule has 2 saturated heterocycles. The van der Waals surface area contributed by atoms with E-state index < -0.39 is 14.6 Å². The number of benzene rings is 1. The van der Waals surface area contributed by atoms with E-state index >= 15 is 0 Å². The molecule has 0 atom stereocenters. The summed E-state index contributed by atoms with van der Waals surface area (Å²) in [6.45, 7) is 4.56. The van der Waals surface area contributed by atoms with E-state index in [4.69, 9.17) is 0 Å². The first-order valence-corrected chi connectivity index (χ1v) is 11.2. The third-order valence-electron chi connectivity index (χ3n) is 5.66. The molecule has 9 heteroatoms. The van der Waals surface area contributed by atoms with Crippen LogP contribution in [-0.2, 0) is 14.6 Å². The number of piperazine rings is 1. The summed E-state index contributed by atoms with van der Waals surface area (Å²) < 4.78 is 23.5. The number of nitrogens with zero attached hydrogens (tertiary/aromatic N) is 2. The Labute approximate surface area is 172 Å². The fourth-order valence-electron chi connectivity index (χ4n) is 3.85. The number of carbonyl (C=O) groups excluding carboxylic acids is 2. The number of carbonyl (C=O) groups is 2. The lowest BCUT2D eigenvalue weighted by Crippen LogP contribution is -2.61. The Morgan fingerprint density at radius 3 is 1.96 bits per heavy atom. The molecule has 2 aliphatic heterocycles. The minimum Gasteiger partial charge on any atom is -0.338 e. The number of hydrogen-bond acceptors (Lipinski definition) is 5. The highest BCUT2D eigenvalue weighted by atomic mass is 35.5. The largest absolute Gasteiger partial charge is 0.338 e. The average Bonchev–Trinajstić information content (AvgIpc) is 2.67. The van der Waals surface area contributed by atoms with Gasteiger partial charge in [-0.2, -0.15) is 0 Å². The highest BCUT2D eigenvalue weighted by Crippen LogP contribution is 2.30. The van der Waals surface area contributed by atoms with E-state index in [1.54, 1.807) is 9.80 Å². The molecule has 0 unspecified atom stereocenters. The van der Waals surface area contributed by atoms with Crippen LogP contribution in [0.15, 0.2) is 24.3 Å². The molecule has 0 aliphatic carbocycles. The van der Waals surface area contributed by atoms with Crippen molar-refractivity contribution in [3.63, 3.8) is 0 Å². The van der Waals surface area contributed by atoms with Gasteiger partial charge in [-0.1, -0.05) is 17.7 Å². The highest BCUT2D eigenvalue weighted by molar-refractivity contribution is 7.92.